The van der Waals surface area contributed by atoms with Gasteiger partial charge in [-0.2, -0.15) is 0 Å². The van der Waals surface area contributed by atoms with E-state index in [0.717, 1.165) is 32.2 Å². The Labute approximate surface area is 136 Å². The number of nitrogens with zero attached hydrogens (tertiary/aromatic N) is 1. The van der Waals surface area contributed by atoms with Crippen LogP contribution in [0.4, 0.5) is 0 Å². The van der Waals surface area contributed by atoms with Crippen molar-refractivity contribution in [1.29, 1.82) is 0 Å². The van der Waals surface area contributed by atoms with Crippen molar-refractivity contribution in [3.8, 4) is 0 Å². The van der Waals surface area contributed by atoms with E-state index in [9.17, 15) is 4.79 Å². The lowest BCUT2D eigenvalue weighted by Crippen LogP contribution is -2.44. The largest absolute Gasteiger partial charge is 0.379 e. The Hall–Kier alpha value is -0.610. The maximum Gasteiger partial charge on any atom is 0.234 e. The van der Waals surface area contributed by atoms with Crippen molar-refractivity contribution >= 4 is 5.91 Å². The van der Waals surface area contributed by atoms with Crippen LogP contribution in [0.5, 0.6) is 0 Å². The third-order valence-corrected chi connectivity index (χ3v) is 5.44. The van der Waals surface area contributed by atoms with Gasteiger partial charge in [0, 0.05) is 13.2 Å². The van der Waals surface area contributed by atoms with Gasteiger partial charge < -0.3 is 10.1 Å². The Morgan fingerprint density at radius 1 is 1.32 bits per heavy atom. The number of nitrogens with one attached hydrogen (secondary N) is 1. The van der Waals surface area contributed by atoms with Crippen LogP contribution in [0.25, 0.3) is 0 Å². The number of hydrogen-bond donors (Lipinski definition) is 1. The first-order valence-corrected chi connectivity index (χ1v) is 9.14. The van der Waals surface area contributed by atoms with Crippen molar-refractivity contribution < 1.29 is 9.53 Å². The number of amides is 1. The third kappa shape index (κ3) is 5.24. The highest BCUT2D eigenvalue weighted by molar-refractivity contribution is 5.77. The molecule has 0 bridgehead atoms. The maximum absolute atomic E-state index is 11.7. The van der Waals surface area contributed by atoms with Crippen molar-refractivity contribution in [1.82, 2.24) is 10.2 Å². The molecule has 1 saturated carbocycles. The van der Waals surface area contributed by atoms with E-state index in [1.807, 2.05) is 6.92 Å². The van der Waals surface area contributed by atoms with Crippen LogP contribution >= 0.6 is 0 Å². The van der Waals surface area contributed by atoms with E-state index < -0.39 is 0 Å². The molecule has 0 aromatic carbocycles. The quantitative estimate of drug-likeness (QED) is 0.786. The van der Waals surface area contributed by atoms with E-state index in [1.54, 1.807) is 0 Å². The van der Waals surface area contributed by atoms with Crippen LogP contribution in [-0.4, -0.2) is 49.7 Å². The molecule has 2 fully saturated rings. The highest BCUT2D eigenvalue weighted by Crippen LogP contribution is 2.49. The van der Waals surface area contributed by atoms with Crippen LogP contribution in [0.15, 0.2) is 0 Å². The summed E-state index contributed by atoms with van der Waals surface area (Å²) in [7, 11) is 0. The number of likely N-dealkylation sites (tertiary alicyclic amines) is 1. The fourth-order valence-electron chi connectivity index (χ4n) is 4.14. The molecule has 0 aromatic heterocycles. The monoisotopic (exact) mass is 310 g/mol. The molecule has 2 rings (SSSR count). The smallest absolute Gasteiger partial charge is 0.234 e. The molecule has 4 heteroatoms. The summed E-state index contributed by atoms with van der Waals surface area (Å²) in [4.78, 5) is 14.0. The van der Waals surface area contributed by atoms with Gasteiger partial charge in [-0.15, -0.1) is 0 Å². The molecule has 0 radical (unpaired) electrons. The number of likely N-dealkylation sites (N-methyl/N-ethyl adjacent to an activating group) is 1. The molecule has 1 spiro atoms. The minimum absolute atomic E-state index is 0.175. The van der Waals surface area contributed by atoms with Crippen LogP contribution < -0.4 is 5.32 Å². The number of piperidine rings is 1. The molecule has 0 aromatic rings. The summed E-state index contributed by atoms with van der Waals surface area (Å²) in [5.74, 6) is 1.03. The maximum atomic E-state index is 11.7. The lowest BCUT2D eigenvalue weighted by Gasteiger charge is -2.39. The number of carbonyl (C=O) groups is 1. The van der Waals surface area contributed by atoms with Crippen molar-refractivity contribution in [2.45, 2.75) is 65.4 Å². The Kier molecular flexibility index (Phi) is 6.69. The van der Waals surface area contributed by atoms with Gasteiger partial charge in [0.25, 0.3) is 0 Å². The summed E-state index contributed by atoms with van der Waals surface area (Å²) in [6.07, 6.45) is 8.26. The van der Waals surface area contributed by atoms with Crippen molar-refractivity contribution in [2.24, 2.45) is 11.3 Å². The van der Waals surface area contributed by atoms with Crippen molar-refractivity contribution in [3.05, 3.63) is 0 Å². The van der Waals surface area contributed by atoms with E-state index in [-0.39, 0.29) is 5.91 Å². The van der Waals surface area contributed by atoms with Crippen molar-refractivity contribution in [2.75, 3.05) is 32.8 Å². The lowest BCUT2D eigenvalue weighted by molar-refractivity contribution is -0.122. The molecule has 4 nitrogen and oxygen atoms in total. The second-order valence-corrected chi connectivity index (χ2v) is 7.55. The molecule has 22 heavy (non-hydrogen) atoms. The highest BCUT2D eigenvalue weighted by Gasteiger charge is 2.41. The van der Waals surface area contributed by atoms with Gasteiger partial charge in [0.1, 0.15) is 0 Å². The lowest BCUT2D eigenvalue weighted by atomic mass is 9.76. The molecule has 1 heterocycles. The zero-order valence-electron chi connectivity index (χ0n) is 14.7. The van der Waals surface area contributed by atoms with Crippen LogP contribution in [0.2, 0.25) is 0 Å². The SMILES string of the molecule is CCNC(=O)CN1CCC2(CC[C@@H](CCOC(C)C)C2)CC1. The van der Waals surface area contributed by atoms with Crippen LogP contribution in [0.3, 0.4) is 0 Å². The first-order valence-electron chi connectivity index (χ1n) is 9.14. The molecule has 0 unspecified atom stereocenters. The highest BCUT2D eigenvalue weighted by atomic mass is 16.5. The van der Waals surface area contributed by atoms with Gasteiger partial charge in [0.15, 0.2) is 0 Å². The first-order chi connectivity index (χ1) is 10.5. The van der Waals surface area contributed by atoms with E-state index in [2.05, 4.69) is 24.1 Å². The third-order valence-electron chi connectivity index (χ3n) is 5.44. The molecule has 2 aliphatic rings. The Balaban J connectivity index is 1.69. The van der Waals surface area contributed by atoms with Crippen LogP contribution in [0, 0.1) is 11.3 Å². The van der Waals surface area contributed by atoms with Gasteiger partial charge >= 0.3 is 0 Å². The molecule has 1 aliphatic carbocycles. The van der Waals surface area contributed by atoms with Gasteiger partial charge in [-0.3, -0.25) is 9.69 Å². The van der Waals surface area contributed by atoms with E-state index in [4.69, 9.17) is 4.74 Å². The van der Waals surface area contributed by atoms with Gasteiger partial charge in [-0.1, -0.05) is 0 Å². The molecule has 1 N–H and O–H groups in total. The minimum Gasteiger partial charge on any atom is -0.379 e. The molecule has 1 atom stereocenters. The minimum atomic E-state index is 0.175. The Morgan fingerprint density at radius 3 is 2.68 bits per heavy atom. The number of hydrogen-bond acceptors (Lipinski definition) is 3. The summed E-state index contributed by atoms with van der Waals surface area (Å²) in [6.45, 7) is 10.6. The van der Waals surface area contributed by atoms with Crippen LogP contribution in [-0.2, 0) is 9.53 Å². The summed E-state index contributed by atoms with van der Waals surface area (Å²) < 4.78 is 5.71. The van der Waals surface area contributed by atoms with Gasteiger partial charge in [0.05, 0.1) is 12.6 Å². The second kappa shape index (κ2) is 8.30. The number of rotatable bonds is 7. The number of carbonyl (C=O) groups excluding carboxylic acids is 1. The number of ether oxygens (including phenoxy) is 1. The Bertz CT molecular complexity index is 349. The van der Waals surface area contributed by atoms with Gasteiger partial charge in [-0.25, -0.2) is 0 Å². The van der Waals surface area contributed by atoms with E-state index in [0.29, 0.717) is 18.1 Å². The first kappa shape index (κ1) is 17.7. The molecule has 1 aliphatic heterocycles. The zero-order valence-corrected chi connectivity index (χ0v) is 14.7. The standard InChI is InChI=1S/C18H34N2O2/c1-4-19-17(21)14-20-10-8-18(9-11-20)7-5-16(13-18)6-12-22-15(2)3/h15-16H,4-14H2,1-3H3,(H,19,21)/t16-/m0/s1. The van der Waals surface area contributed by atoms with E-state index >= 15 is 0 Å². The summed E-state index contributed by atoms with van der Waals surface area (Å²) in [6, 6.07) is 0. The molecule has 1 saturated heterocycles. The second-order valence-electron chi connectivity index (χ2n) is 7.55. The zero-order chi connectivity index (χ0) is 16.0. The summed E-state index contributed by atoms with van der Waals surface area (Å²) >= 11 is 0. The van der Waals surface area contributed by atoms with Gasteiger partial charge in [-0.05, 0) is 83.7 Å². The van der Waals surface area contributed by atoms with E-state index in [1.165, 1.54) is 38.5 Å². The van der Waals surface area contributed by atoms with Crippen LogP contribution in [0.1, 0.15) is 59.3 Å². The average Bonchev–Trinajstić information content (AvgIpc) is 2.85. The topological polar surface area (TPSA) is 41.6 Å². The molecular formula is C18H34N2O2. The fourth-order valence-corrected chi connectivity index (χ4v) is 4.14. The summed E-state index contributed by atoms with van der Waals surface area (Å²) in [5.41, 5.74) is 0.570. The molecule has 1 amide bonds. The summed E-state index contributed by atoms with van der Waals surface area (Å²) in [5, 5.41) is 2.90. The van der Waals surface area contributed by atoms with Gasteiger partial charge in [0.2, 0.25) is 5.91 Å². The average molecular weight is 310 g/mol. The molecular weight excluding hydrogens is 276 g/mol. The normalized spacial score (nSPS) is 25.0. The predicted octanol–water partition coefficient (Wildman–Crippen LogP) is 2.82. The molecule has 128 valence electrons. The fraction of sp³-hybridized carbons (Fsp3) is 0.944. The van der Waals surface area contributed by atoms with Crippen molar-refractivity contribution in [3.63, 3.8) is 0 Å². The Morgan fingerprint density at radius 2 is 2.05 bits per heavy atom. The predicted molar refractivity (Wildman–Crippen MR) is 89.8 cm³/mol.